The summed E-state index contributed by atoms with van der Waals surface area (Å²) in [5, 5.41) is 12.2. The molecular weight excluding hydrogens is 246 g/mol. The highest BCUT2D eigenvalue weighted by Gasteiger charge is 2.10. The average Bonchev–Trinajstić information content (AvgIpc) is 2.41. The van der Waals surface area contributed by atoms with Crippen LogP contribution in [0.2, 0.25) is 0 Å². The van der Waals surface area contributed by atoms with Crippen LogP contribution in [0.15, 0.2) is 36.5 Å². The average molecular weight is 259 g/mol. The minimum atomic E-state index is -0.379. The number of carbonyl (C=O) groups excluding carboxylic acids is 1. The lowest BCUT2D eigenvalue weighted by Gasteiger charge is -2.07. The van der Waals surface area contributed by atoms with Gasteiger partial charge in [-0.1, -0.05) is 0 Å². The maximum absolute atomic E-state index is 11.9. The van der Waals surface area contributed by atoms with E-state index in [2.05, 4.69) is 10.3 Å². The molecule has 1 amide bonds. The van der Waals surface area contributed by atoms with Crippen molar-refractivity contribution in [2.75, 3.05) is 18.2 Å². The van der Waals surface area contributed by atoms with Crippen molar-refractivity contribution in [3.8, 4) is 11.5 Å². The van der Waals surface area contributed by atoms with Crippen molar-refractivity contribution in [1.29, 1.82) is 0 Å². The van der Waals surface area contributed by atoms with E-state index in [0.717, 1.165) is 0 Å². The number of aromatic nitrogens is 1. The van der Waals surface area contributed by atoms with Crippen LogP contribution < -0.4 is 15.8 Å². The molecule has 0 atom stereocenters. The third-order valence-electron chi connectivity index (χ3n) is 2.47. The topological polar surface area (TPSA) is 97.5 Å². The van der Waals surface area contributed by atoms with Crippen LogP contribution in [0, 0.1) is 0 Å². The summed E-state index contributed by atoms with van der Waals surface area (Å²) in [6.07, 6.45) is 1.45. The van der Waals surface area contributed by atoms with Gasteiger partial charge in [0, 0.05) is 5.56 Å². The summed E-state index contributed by atoms with van der Waals surface area (Å²) in [4.78, 5) is 15.9. The highest BCUT2D eigenvalue weighted by Crippen LogP contribution is 2.26. The quantitative estimate of drug-likeness (QED) is 0.778. The summed E-state index contributed by atoms with van der Waals surface area (Å²) in [6.45, 7) is 0. The lowest BCUT2D eigenvalue weighted by Crippen LogP contribution is -2.12. The molecule has 0 bridgehead atoms. The van der Waals surface area contributed by atoms with Crippen molar-refractivity contribution < 1.29 is 14.6 Å². The normalized spacial score (nSPS) is 9.95. The first kappa shape index (κ1) is 12.7. The second-order valence-corrected chi connectivity index (χ2v) is 3.82. The van der Waals surface area contributed by atoms with E-state index in [0.29, 0.717) is 22.8 Å². The first-order valence-corrected chi connectivity index (χ1v) is 5.50. The summed E-state index contributed by atoms with van der Waals surface area (Å²) in [5.74, 6) is 0.215. The number of nitrogens with zero attached hydrogens (tertiary/aromatic N) is 1. The van der Waals surface area contributed by atoms with Gasteiger partial charge in [0.05, 0.1) is 19.0 Å². The molecule has 1 heterocycles. The molecule has 0 radical (unpaired) electrons. The summed E-state index contributed by atoms with van der Waals surface area (Å²) in [6, 6.07) is 7.61. The molecule has 19 heavy (non-hydrogen) atoms. The number of hydrogen-bond donors (Lipinski definition) is 3. The number of nitrogens with one attached hydrogen (secondary N) is 1. The van der Waals surface area contributed by atoms with Crippen molar-refractivity contribution in [2.24, 2.45) is 0 Å². The number of nitrogen functional groups attached to an aromatic ring is 1. The Morgan fingerprint density at radius 3 is 2.74 bits per heavy atom. The summed E-state index contributed by atoms with van der Waals surface area (Å²) >= 11 is 0. The third kappa shape index (κ3) is 2.92. The van der Waals surface area contributed by atoms with Crippen molar-refractivity contribution in [1.82, 2.24) is 4.98 Å². The lowest BCUT2D eigenvalue weighted by molar-refractivity contribution is 0.102. The summed E-state index contributed by atoms with van der Waals surface area (Å²) in [7, 11) is 1.44. The molecule has 98 valence electrons. The SMILES string of the molecule is COc1ccc(C(=O)Nc2ccc(N)cn2)cc1O. The molecule has 0 aliphatic heterocycles. The molecule has 0 aliphatic carbocycles. The molecule has 4 N–H and O–H groups in total. The number of benzene rings is 1. The fourth-order valence-corrected chi connectivity index (χ4v) is 1.50. The second-order valence-electron chi connectivity index (χ2n) is 3.82. The number of anilines is 2. The molecule has 0 saturated carbocycles. The molecule has 2 aromatic rings. The zero-order valence-electron chi connectivity index (χ0n) is 10.3. The number of pyridine rings is 1. The molecule has 0 fully saturated rings. The number of hydrogen-bond acceptors (Lipinski definition) is 5. The molecular formula is C13H13N3O3. The highest BCUT2D eigenvalue weighted by molar-refractivity contribution is 6.04. The minimum absolute atomic E-state index is 0.0968. The number of ether oxygens (including phenoxy) is 1. The Balaban J connectivity index is 2.16. The largest absolute Gasteiger partial charge is 0.504 e. The lowest BCUT2D eigenvalue weighted by atomic mass is 10.2. The van der Waals surface area contributed by atoms with Gasteiger partial charge in [-0.3, -0.25) is 4.79 Å². The number of methoxy groups -OCH3 is 1. The second kappa shape index (κ2) is 5.26. The van der Waals surface area contributed by atoms with Gasteiger partial charge in [0.15, 0.2) is 11.5 Å². The number of rotatable bonds is 3. The summed E-state index contributed by atoms with van der Waals surface area (Å²) < 4.78 is 4.90. The maximum Gasteiger partial charge on any atom is 0.256 e. The van der Waals surface area contributed by atoms with Crippen LogP contribution >= 0.6 is 0 Å². The Kier molecular flexibility index (Phi) is 3.51. The van der Waals surface area contributed by atoms with E-state index >= 15 is 0 Å². The fourth-order valence-electron chi connectivity index (χ4n) is 1.50. The van der Waals surface area contributed by atoms with Gasteiger partial charge < -0.3 is 20.9 Å². The molecule has 6 nitrogen and oxygen atoms in total. The number of carbonyl (C=O) groups is 1. The predicted octanol–water partition coefficient (Wildman–Crippen LogP) is 1.63. The minimum Gasteiger partial charge on any atom is -0.504 e. The molecule has 2 rings (SSSR count). The van der Waals surface area contributed by atoms with Gasteiger partial charge in [0.1, 0.15) is 5.82 Å². The van der Waals surface area contributed by atoms with Crippen molar-refractivity contribution in [2.45, 2.75) is 0 Å². The molecule has 0 spiro atoms. The Bertz CT molecular complexity index is 597. The first-order valence-electron chi connectivity index (χ1n) is 5.50. The van der Waals surface area contributed by atoms with E-state index in [9.17, 15) is 9.90 Å². The van der Waals surface area contributed by atoms with Gasteiger partial charge in [0.25, 0.3) is 5.91 Å². The van der Waals surface area contributed by atoms with Crippen molar-refractivity contribution in [3.05, 3.63) is 42.1 Å². The standard InChI is InChI=1S/C13H13N3O3/c1-19-11-4-2-8(6-10(11)17)13(18)16-12-5-3-9(14)7-15-12/h2-7,17H,14H2,1H3,(H,15,16,18). The number of phenols is 1. The molecule has 1 aromatic heterocycles. The zero-order valence-corrected chi connectivity index (χ0v) is 10.3. The zero-order chi connectivity index (χ0) is 13.8. The van der Waals surface area contributed by atoms with E-state index < -0.39 is 0 Å². The van der Waals surface area contributed by atoms with Gasteiger partial charge in [-0.25, -0.2) is 4.98 Å². The number of nitrogens with two attached hydrogens (primary N) is 1. The van der Waals surface area contributed by atoms with Crippen LogP contribution in [0.5, 0.6) is 11.5 Å². The van der Waals surface area contributed by atoms with Gasteiger partial charge >= 0.3 is 0 Å². The van der Waals surface area contributed by atoms with Crippen LogP contribution in [0.1, 0.15) is 10.4 Å². The molecule has 0 aliphatic rings. The molecule has 1 aromatic carbocycles. The number of aromatic hydroxyl groups is 1. The Labute approximate surface area is 109 Å². The number of amides is 1. The van der Waals surface area contributed by atoms with E-state index in [1.807, 2.05) is 0 Å². The van der Waals surface area contributed by atoms with Crippen molar-refractivity contribution >= 4 is 17.4 Å². The Morgan fingerprint density at radius 2 is 2.16 bits per heavy atom. The molecule has 6 heteroatoms. The van der Waals surface area contributed by atoms with E-state index in [4.69, 9.17) is 10.5 Å². The summed E-state index contributed by atoms with van der Waals surface area (Å²) in [5.41, 5.74) is 6.31. The molecule has 0 saturated heterocycles. The van der Waals surface area contributed by atoms with Crippen LogP contribution in [0.4, 0.5) is 11.5 Å². The Hall–Kier alpha value is -2.76. The Morgan fingerprint density at radius 1 is 1.37 bits per heavy atom. The monoisotopic (exact) mass is 259 g/mol. The highest BCUT2D eigenvalue weighted by atomic mass is 16.5. The van der Waals surface area contributed by atoms with Gasteiger partial charge in [-0.15, -0.1) is 0 Å². The fraction of sp³-hybridized carbons (Fsp3) is 0.0769. The van der Waals surface area contributed by atoms with Crippen LogP contribution in [-0.2, 0) is 0 Å². The first-order chi connectivity index (χ1) is 9.10. The van der Waals surface area contributed by atoms with E-state index in [-0.39, 0.29) is 11.7 Å². The van der Waals surface area contributed by atoms with Gasteiger partial charge in [-0.2, -0.15) is 0 Å². The van der Waals surface area contributed by atoms with E-state index in [1.54, 1.807) is 18.2 Å². The van der Waals surface area contributed by atoms with Crippen LogP contribution in [0.25, 0.3) is 0 Å². The van der Waals surface area contributed by atoms with Crippen LogP contribution in [0.3, 0.4) is 0 Å². The van der Waals surface area contributed by atoms with E-state index in [1.165, 1.54) is 25.4 Å². The van der Waals surface area contributed by atoms with Crippen molar-refractivity contribution in [3.63, 3.8) is 0 Å². The van der Waals surface area contributed by atoms with Gasteiger partial charge in [0.2, 0.25) is 0 Å². The third-order valence-corrected chi connectivity index (χ3v) is 2.47. The predicted molar refractivity (Wildman–Crippen MR) is 71.3 cm³/mol. The van der Waals surface area contributed by atoms with Gasteiger partial charge in [-0.05, 0) is 30.3 Å². The van der Waals surface area contributed by atoms with Crippen LogP contribution in [-0.4, -0.2) is 23.1 Å². The maximum atomic E-state index is 11.9. The number of phenolic OH excluding ortho intramolecular Hbond substituents is 1. The molecule has 0 unspecified atom stereocenters. The smallest absolute Gasteiger partial charge is 0.256 e.